The Kier molecular flexibility index (Phi) is 9.58. The van der Waals surface area contributed by atoms with Crippen LogP contribution in [0.5, 0.6) is 0 Å². The number of hydrogen-bond acceptors (Lipinski definition) is 4. The van der Waals surface area contributed by atoms with Gasteiger partial charge in [-0.15, -0.1) is 0 Å². The van der Waals surface area contributed by atoms with Crippen molar-refractivity contribution in [2.45, 2.75) is 39.7 Å². The molecule has 5 heteroatoms. The van der Waals surface area contributed by atoms with Crippen molar-refractivity contribution in [3.63, 3.8) is 0 Å². The van der Waals surface area contributed by atoms with Crippen molar-refractivity contribution in [3.8, 4) is 0 Å². The zero-order valence-corrected chi connectivity index (χ0v) is 7.62. The lowest BCUT2D eigenvalue weighted by atomic mass is 10.3. The Hall–Kier alpha value is -0.368. The van der Waals surface area contributed by atoms with E-state index in [2.05, 4.69) is 9.78 Å². The molecule has 0 aliphatic rings. The van der Waals surface area contributed by atoms with Crippen molar-refractivity contribution in [1.29, 1.82) is 0 Å². The van der Waals surface area contributed by atoms with E-state index in [0.29, 0.717) is 0 Å². The average Bonchev–Trinajstić information content (AvgIpc) is 1.99. The Morgan fingerprint density at radius 1 is 1.38 bits per heavy atom. The summed E-state index contributed by atoms with van der Waals surface area (Å²) in [7, 11) is 0. The summed E-state index contributed by atoms with van der Waals surface area (Å²) in [5.74, 6) is -0.865. The molecular formula is C8H17AlO4. The third kappa shape index (κ3) is 9.55. The predicted octanol–water partition coefficient (Wildman–Crippen LogP) is 0.0549. The summed E-state index contributed by atoms with van der Waals surface area (Å²) in [5, 5.41) is 0. The predicted molar refractivity (Wildman–Crippen MR) is 52.2 cm³/mol. The van der Waals surface area contributed by atoms with E-state index >= 15 is 0 Å². The average molecular weight is 204 g/mol. The molecule has 1 unspecified atom stereocenters. The van der Waals surface area contributed by atoms with Crippen LogP contribution in [0, 0.1) is 0 Å². The molecule has 0 aromatic heterocycles. The SMILES string of the molecule is CCC(C)OOC(=O)CC(C)=O.[AlH3]. The summed E-state index contributed by atoms with van der Waals surface area (Å²) >= 11 is 0. The Morgan fingerprint density at radius 3 is 2.31 bits per heavy atom. The van der Waals surface area contributed by atoms with E-state index in [9.17, 15) is 9.59 Å². The first-order chi connectivity index (χ1) is 5.56. The van der Waals surface area contributed by atoms with Gasteiger partial charge in [0.05, 0.1) is 0 Å². The first-order valence-corrected chi connectivity index (χ1v) is 3.91. The van der Waals surface area contributed by atoms with E-state index < -0.39 is 5.97 Å². The van der Waals surface area contributed by atoms with Crippen LogP contribution in [-0.2, 0) is 19.4 Å². The van der Waals surface area contributed by atoms with Crippen molar-refractivity contribution in [2.24, 2.45) is 0 Å². The molecule has 0 spiro atoms. The summed E-state index contributed by atoms with van der Waals surface area (Å²) in [6.45, 7) is 5.01. The molecule has 0 aliphatic carbocycles. The first-order valence-electron chi connectivity index (χ1n) is 3.91. The minimum Gasteiger partial charge on any atom is -0.299 e. The Labute approximate surface area is 88.6 Å². The second kappa shape index (κ2) is 8.24. The largest absolute Gasteiger partial charge is 0.349 e. The van der Waals surface area contributed by atoms with Crippen molar-refractivity contribution in [1.82, 2.24) is 0 Å². The minimum absolute atomic E-state index is 0. The quantitative estimate of drug-likeness (QED) is 0.275. The molecule has 0 aliphatic heterocycles. The van der Waals surface area contributed by atoms with E-state index in [-0.39, 0.29) is 35.7 Å². The lowest BCUT2D eigenvalue weighted by molar-refractivity contribution is -0.294. The molecule has 0 fully saturated rings. The van der Waals surface area contributed by atoms with Gasteiger partial charge in [-0.2, -0.15) is 4.89 Å². The molecule has 0 heterocycles. The van der Waals surface area contributed by atoms with Gasteiger partial charge < -0.3 is 0 Å². The lowest BCUT2D eigenvalue weighted by Crippen LogP contribution is -2.14. The minimum atomic E-state index is -0.636. The highest BCUT2D eigenvalue weighted by Gasteiger charge is 2.09. The van der Waals surface area contributed by atoms with Gasteiger partial charge in [-0.3, -0.25) is 9.68 Å². The smallest absolute Gasteiger partial charge is 0.299 e. The Morgan fingerprint density at radius 2 is 1.92 bits per heavy atom. The standard InChI is InChI=1S/C8H14O4.Al.3H/c1-4-7(3)11-12-8(10)5-6(2)9;;;;/h7H,4-5H2,1-3H3;;;;. The van der Waals surface area contributed by atoms with Crippen molar-refractivity contribution >= 4 is 29.1 Å². The zero-order valence-electron chi connectivity index (χ0n) is 7.62. The van der Waals surface area contributed by atoms with Crippen LogP contribution in [-0.4, -0.2) is 35.2 Å². The van der Waals surface area contributed by atoms with Gasteiger partial charge in [-0.1, -0.05) is 6.92 Å². The Bertz CT molecular complexity index is 170. The molecule has 0 bridgehead atoms. The van der Waals surface area contributed by atoms with Gasteiger partial charge in [0.1, 0.15) is 18.3 Å². The number of rotatable bonds is 5. The maximum atomic E-state index is 10.7. The highest BCUT2D eigenvalue weighted by molar-refractivity contribution is 5.93. The van der Waals surface area contributed by atoms with Crippen molar-refractivity contribution < 1.29 is 19.4 Å². The third-order valence-electron chi connectivity index (χ3n) is 1.27. The number of carbonyl (C=O) groups is 2. The molecule has 1 atom stereocenters. The Balaban J connectivity index is 0. The molecular weight excluding hydrogens is 187 g/mol. The monoisotopic (exact) mass is 204 g/mol. The lowest BCUT2D eigenvalue weighted by Gasteiger charge is -2.07. The van der Waals surface area contributed by atoms with Gasteiger partial charge in [-0.05, 0) is 20.3 Å². The van der Waals surface area contributed by atoms with E-state index in [1.165, 1.54) is 6.92 Å². The van der Waals surface area contributed by atoms with Gasteiger partial charge in [0.25, 0.3) is 0 Å². The normalized spacial score (nSPS) is 11.3. The molecule has 76 valence electrons. The summed E-state index contributed by atoms with van der Waals surface area (Å²) in [6, 6.07) is 0. The second-order valence-corrected chi connectivity index (χ2v) is 2.65. The van der Waals surface area contributed by atoms with Crippen LogP contribution in [0.25, 0.3) is 0 Å². The molecule has 13 heavy (non-hydrogen) atoms. The van der Waals surface area contributed by atoms with Gasteiger partial charge >= 0.3 is 5.97 Å². The molecule has 0 radical (unpaired) electrons. The fourth-order valence-corrected chi connectivity index (χ4v) is 0.437. The summed E-state index contributed by atoms with van der Waals surface area (Å²) in [5.41, 5.74) is 0. The molecule has 0 saturated heterocycles. The first kappa shape index (κ1) is 15.1. The van der Waals surface area contributed by atoms with Crippen LogP contribution in [0.1, 0.15) is 33.6 Å². The van der Waals surface area contributed by atoms with Gasteiger partial charge in [-0.25, -0.2) is 4.79 Å². The number of Topliss-reactive ketones (excluding diaryl/α,β-unsaturated/α-hetero) is 1. The maximum Gasteiger partial charge on any atom is 0.349 e. The van der Waals surface area contributed by atoms with Crippen LogP contribution in [0.2, 0.25) is 0 Å². The maximum absolute atomic E-state index is 10.7. The molecule has 0 N–H and O–H groups in total. The molecule has 0 saturated carbocycles. The molecule has 4 nitrogen and oxygen atoms in total. The number of ketones is 1. The van der Waals surface area contributed by atoms with Gasteiger partial charge in [0.2, 0.25) is 0 Å². The second-order valence-electron chi connectivity index (χ2n) is 2.65. The topological polar surface area (TPSA) is 52.6 Å². The number of carbonyl (C=O) groups excluding carboxylic acids is 2. The highest BCUT2D eigenvalue weighted by Crippen LogP contribution is 1.98. The summed E-state index contributed by atoms with van der Waals surface area (Å²) < 4.78 is 0. The molecule has 0 amide bonds. The van der Waals surface area contributed by atoms with Gasteiger partial charge in [0, 0.05) is 0 Å². The fraction of sp³-hybridized carbons (Fsp3) is 0.750. The van der Waals surface area contributed by atoms with Crippen LogP contribution >= 0.6 is 0 Å². The fourth-order valence-electron chi connectivity index (χ4n) is 0.437. The van der Waals surface area contributed by atoms with Gasteiger partial charge in [0.15, 0.2) is 17.4 Å². The summed E-state index contributed by atoms with van der Waals surface area (Å²) in [4.78, 5) is 30.1. The molecule has 0 rings (SSSR count). The van der Waals surface area contributed by atoms with E-state index in [4.69, 9.17) is 0 Å². The summed E-state index contributed by atoms with van der Waals surface area (Å²) in [6.07, 6.45) is 0.407. The van der Waals surface area contributed by atoms with E-state index in [1.807, 2.05) is 6.92 Å². The third-order valence-corrected chi connectivity index (χ3v) is 1.27. The number of hydrogen-bond donors (Lipinski definition) is 0. The van der Waals surface area contributed by atoms with Crippen molar-refractivity contribution in [3.05, 3.63) is 0 Å². The molecule has 0 aromatic rings. The van der Waals surface area contributed by atoms with Crippen LogP contribution in [0.15, 0.2) is 0 Å². The zero-order chi connectivity index (χ0) is 9.56. The highest BCUT2D eigenvalue weighted by atomic mass is 27.0. The van der Waals surface area contributed by atoms with Crippen molar-refractivity contribution in [2.75, 3.05) is 0 Å². The van der Waals surface area contributed by atoms with Crippen LogP contribution in [0.4, 0.5) is 0 Å². The van der Waals surface area contributed by atoms with Crippen LogP contribution < -0.4 is 0 Å². The van der Waals surface area contributed by atoms with E-state index in [0.717, 1.165) is 6.42 Å². The van der Waals surface area contributed by atoms with E-state index in [1.54, 1.807) is 6.92 Å². The van der Waals surface area contributed by atoms with Crippen LogP contribution in [0.3, 0.4) is 0 Å². The molecule has 0 aromatic carbocycles.